The highest BCUT2D eigenvalue weighted by Crippen LogP contribution is 2.25. The average Bonchev–Trinajstić information content (AvgIpc) is 3.43. The van der Waals surface area contributed by atoms with Crippen LogP contribution >= 0.6 is 27.7 Å². The summed E-state index contributed by atoms with van der Waals surface area (Å²) < 4.78 is 8.80. The van der Waals surface area contributed by atoms with E-state index in [0.717, 1.165) is 27.2 Å². The third kappa shape index (κ3) is 4.83. The van der Waals surface area contributed by atoms with Crippen LogP contribution in [0.1, 0.15) is 5.76 Å². The summed E-state index contributed by atoms with van der Waals surface area (Å²) >= 11 is 4.79. The molecule has 6 nitrogen and oxygen atoms in total. The van der Waals surface area contributed by atoms with Gasteiger partial charge in [-0.25, -0.2) is 0 Å². The van der Waals surface area contributed by atoms with Gasteiger partial charge in [-0.2, -0.15) is 0 Å². The Morgan fingerprint density at radius 3 is 2.63 bits per heavy atom. The first-order valence-electron chi connectivity index (χ1n) is 9.27. The number of furan rings is 1. The Balaban J connectivity index is 1.35. The van der Waals surface area contributed by atoms with E-state index in [-0.39, 0.29) is 11.7 Å². The van der Waals surface area contributed by atoms with Crippen molar-refractivity contribution >= 4 is 33.6 Å². The molecule has 30 heavy (non-hydrogen) atoms. The largest absolute Gasteiger partial charge is 0.459 e. The van der Waals surface area contributed by atoms with Gasteiger partial charge in [0.05, 0.1) is 12.3 Å². The lowest BCUT2D eigenvalue weighted by atomic mass is 10.2. The second kappa shape index (κ2) is 9.32. The van der Waals surface area contributed by atoms with Crippen molar-refractivity contribution in [3.05, 3.63) is 83.3 Å². The molecule has 1 amide bonds. The Kier molecular flexibility index (Phi) is 6.35. The molecule has 8 heteroatoms. The lowest BCUT2D eigenvalue weighted by Crippen LogP contribution is -2.27. The Morgan fingerprint density at radius 1 is 1.10 bits per heavy atom. The molecule has 0 fully saturated rings. The van der Waals surface area contributed by atoms with Crippen molar-refractivity contribution in [2.75, 3.05) is 12.8 Å². The summed E-state index contributed by atoms with van der Waals surface area (Å²) in [7, 11) is 1.77. The summed E-state index contributed by atoms with van der Waals surface area (Å²) in [5, 5.41) is 8.79. The van der Waals surface area contributed by atoms with Gasteiger partial charge in [0.2, 0.25) is 5.91 Å². The van der Waals surface area contributed by atoms with Gasteiger partial charge in [-0.15, -0.1) is 10.2 Å². The van der Waals surface area contributed by atoms with E-state index in [9.17, 15) is 4.79 Å². The number of carbonyl (C=O) groups excluding carboxylic acids is 1. The first-order valence-corrected chi connectivity index (χ1v) is 11.0. The van der Waals surface area contributed by atoms with Crippen LogP contribution < -0.4 is 0 Å². The normalized spacial score (nSPS) is 10.9. The number of hydrogen-bond donors (Lipinski definition) is 0. The molecular formula is C22H19BrN4O2S. The quantitative estimate of drug-likeness (QED) is 0.345. The van der Waals surface area contributed by atoms with Crippen molar-refractivity contribution in [3.8, 4) is 17.0 Å². The number of aromatic nitrogens is 3. The van der Waals surface area contributed by atoms with Gasteiger partial charge in [-0.1, -0.05) is 58.0 Å². The summed E-state index contributed by atoms with van der Waals surface area (Å²) in [6, 6.07) is 21.6. The van der Waals surface area contributed by atoms with Crippen molar-refractivity contribution in [2.45, 2.75) is 11.7 Å². The minimum atomic E-state index is -0.01000. The summed E-state index contributed by atoms with van der Waals surface area (Å²) in [6.45, 7) is 0.404. The number of benzene rings is 2. The predicted octanol–water partition coefficient (Wildman–Crippen LogP) is 5.04. The number of para-hydroxylation sites is 1. The summed E-state index contributed by atoms with van der Waals surface area (Å²) in [4.78, 5) is 14.3. The van der Waals surface area contributed by atoms with E-state index in [0.29, 0.717) is 11.7 Å². The van der Waals surface area contributed by atoms with E-state index in [4.69, 9.17) is 4.42 Å². The minimum Gasteiger partial charge on any atom is -0.459 e. The van der Waals surface area contributed by atoms with Crippen LogP contribution in [-0.2, 0) is 11.3 Å². The van der Waals surface area contributed by atoms with E-state index in [1.54, 1.807) is 18.3 Å². The number of hydrogen-bond acceptors (Lipinski definition) is 5. The minimum absolute atomic E-state index is 0.01000. The second-order valence-electron chi connectivity index (χ2n) is 6.63. The van der Waals surface area contributed by atoms with E-state index in [1.165, 1.54) is 11.8 Å². The molecule has 4 aromatic rings. The van der Waals surface area contributed by atoms with Crippen LogP contribution in [0.4, 0.5) is 0 Å². The molecule has 0 aliphatic heterocycles. The Hall–Kier alpha value is -2.84. The Bertz CT molecular complexity index is 1130. The zero-order valence-electron chi connectivity index (χ0n) is 16.2. The van der Waals surface area contributed by atoms with Gasteiger partial charge in [0.1, 0.15) is 17.8 Å². The van der Waals surface area contributed by atoms with Crippen molar-refractivity contribution < 1.29 is 9.21 Å². The smallest absolute Gasteiger partial charge is 0.233 e. The molecular weight excluding hydrogens is 464 g/mol. The molecule has 0 aliphatic rings. The van der Waals surface area contributed by atoms with Crippen LogP contribution in [-0.4, -0.2) is 38.4 Å². The van der Waals surface area contributed by atoms with Gasteiger partial charge >= 0.3 is 0 Å². The summed E-state index contributed by atoms with van der Waals surface area (Å²) in [6.07, 6.45) is 1.65. The third-order valence-corrected chi connectivity index (χ3v) is 5.94. The van der Waals surface area contributed by atoms with E-state index in [2.05, 4.69) is 26.1 Å². The number of carbonyl (C=O) groups is 1. The molecule has 0 radical (unpaired) electrons. The zero-order chi connectivity index (χ0) is 20.9. The summed E-state index contributed by atoms with van der Waals surface area (Å²) in [5.74, 6) is 1.77. The molecule has 0 N–H and O–H groups in total. The number of thioether (sulfide) groups is 1. The highest BCUT2D eigenvalue weighted by molar-refractivity contribution is 9.10. The van der Waals surface area contributed by atoms with E-state index < -0.39 is 0 Å². The Morgan fingerprint density at radius 2 is 1.87 bits per heavy atom. The van der Waals surface area contributed by atoms with E-state index in [1.807, 2.05) is 71.3 Å². The topological polar surface area (TPSA) is 64.2 Å². The molecule has 0 bridgehead atoms. The van der Waals surface area contributed by atoms with Crippen molar-refractivity contribution in [1.29, 1.82) is 0 Å². The van der Waals surface area contributed by atoms with Gasteiger partial charge < -0.3 is 9.32 Å². The third-order valence-electron chi connectivity index (χ3n) is 4.48. The molecule has 2 heterocycles. The van der Waals surface area contributed by atoms with Crippen molar-refractivity contribution in [1.82, 2.24) is 19.7 Å². The van der Waals surface area contributed by atoms with Gasteiger partial charge in [0, 0.05) is 22.8 Å². The fourth-order valence-corrected chi connectivity index (χ4v) is 4.01. The van der Waals surface area contributed by atoms with Gasteiger partial charge in [0.25, 0.3) is 0 Å². The molecule has 0 saturated carbocycles. The van der Waals surface area contributed by atoms with E-state index >= 15 is 0 Å². The van der Waals surface area contributed by atoms with Gasteiger partial charge in [-0.05, 0) is 36.4 Å². The number of amides is 1. The van der Waals surface area contributed by atoms with Crippen LogP contribution in [0.3, 0.4) is 0 Å². The summed E-state index contributed by atoms with van der Waals surface area (Å²) in [5.41, 5.74) is 1.95. The van der Waals surface area contributed by atoms with Crippen LogP contribution in [0.2, 0.25) is 0 Å². The van der Waals surface area contributed by atoms with Gasteiger partial charge in [-0.3, -0.25) is 9.36 Å². The first-order chi connectivity index (χ1) is 14.6. The van der Waals surface area contributed by atoms with Crippen molar-refractivity contribution in [3.63, 3.8) is 0 Å². The SMILES string of the molecule is CN(Cc1ccc(-c2ccc(Br)cc2)o1)C(=O)CSc1nncn1-c1ccccc1. The fourth-order valence-electron chi connectivity index (χ4n) is 2.88. The van der Waals surface area contributed by atoms with Crippen LogP contribution in [0, 0.1) is 0 Å². The van der Waals surface area contributed by atoms with Crippen LogP contribution in [0.25, 0.3) is 17.0 Å². The van der Waals surface area contributed by atoms with Crippen LogP contribution in [0.5, 0.6) is 0 Å². The van der Waals surface area contributed by atoms with Gasteiger partial charge in [0.15, 0.2) is 5.16 Å². The zero-order valence-corrected chi connectivity index (χ0v) is 18.6. The molecule has 2 aromatic heterocycles. The highest BCUT2D eigenvalue weighted by Gasteiger charge is 2.15. The molecule has 0 saturated heterocycles. The van der Waals surface area contributed by atoms with Crippen molar-refractivity contribution in [2.24, 2.45) is 0 Å². The average molecular weight is 483 g/mol. The lowest BCUT2D eigenvalue weighted by molar-refractivity contribution is -0.127. The molecule has 152 valence electrons. The molecule has 0 aliphatic carbocycles. The number of nitrogens with zero attached hydrogens (tertiary/aromatic N) is 4. The molecule has 2 aromatic carbocycles. The maximum absolute atomic E-state index is 12.6. The molecule has 0 spiro atoms. The predicted molar refractivity (Wildman–Crippen MR) is 120 cm³/mol. The maximum atomic E-state index is 12.6. The Labute approximate surface area is 187 Å². The first kappa shape index (κ1) is 20.4. The van der Waals surface area contributed by atoms with Crippen LogP contribution in [0.15, 0.2) is 87.1 Å². The number of halogens is 1. The molecule has 0 atom stereocenters. The maximum Gasteiger partial charge on any atom is 0.233 e. The lowest BCUT2D eigenvalue weighted by Gasteiger charge is -2.15. The standard InChI is InChI=1S/C22H19BrN4O2S/c1-26(13-19-11-12-20(29-19)16-7-9-17(23)10-8-16)21(28)14-30-22-25-24-15-27(22)18-5-3-2-4-6-18/h2-12,15H,13-14H2,1H3. The molecule has 4 rings (SSSR count). The monoisotopic (exact) mass is 482 g/mol. The highest BCUT2D eigenvalue weighted by atomic mass is 79.9. The second-order valence-corrected chi connectivity index (χ2v) is 8.49. The number of rotatable bonds is 7. The fraction of sp³-hybridized carbons (Fsp3) is 0.136. The molecule has 0 unspecified atom stereocenters.